The minimum atomic E-state index is -0.535. The number of hydrogen-bond acceptors (Lipinski definition) is 5. The van der Waals surface area contributed by atoms with E-state index in [-0.39, 0.29) is 11.7 Å². The molecule has 1 saturated heterocycles. The van der Waals surface area contributed by atoms with Crippen molar-refractivity contribution >= 4 is 17.5 Å². The van der Waals surface area contributed by atoms with Gasteiger partial charge in [0.05, 0.1) is 6.61 Å². The molecule has 1 fully saturated rings. The fourth-order valence-electron chi connectivity index (χ4n) is 2.73. The molecule has 0 spiro atoms. The molecule has 0 unspecified atom stereocenters. The second-order valence-electron chi connectivity index (χ2n) is 6.06. The van der Waals surface area contributed by atoms with Gasteiger partial charge in [0.25, 0.3) is 5.91 Å². The Labute approximate surface area is 146 Å². The summed E-state index contributed by atoms with van der Waals surface area (Å²) in [6.45, 7) is 4.12. The topological polar surface area (TPSA) is 71.5 Å². The molecule has 1 amide bonds. The van der Waals surface area contributed by atoms with E-state index in [1.54, 1.807) is 12.1 Å². The Balaban J connectivity index is 1.57. The molecule has 1 N–H and O–H groups in total. The lowest BCUT2D eigenvalue weighted by Gasteiger charge is -2.32. The van der Waals surface area contributed by atoms with Crippen LogP contribution in [-0.2, 0) is 16.1 Å². The molecule has 2 aromatic rings. The molecule has 0 aliphatic carbocycles. The molecule has 1 aromatic carbocycles. The van der Waals surface area contributed by atoms with Crippen LogP contribution in [0.25, 0.3) is 0 Å². The van der Waals surface area contributed by atoms with Crippen molar-refractivity contribution in [2.75, 3.05) is 25.0 Å². The van der Waals surface area contributed by atoms with Crippen molar-refractivity contribution in [1.82, 2.24) is 9.88 Å². The van der Waals surface area contributed by atoms with Crippen LogP contribution in [0.3, 0.4) is 0 Å². The maximum Gasteiger partial charge on any atom is 0.255 e. The predicted octanol–water partition coefficient (Wildman–Crippen LogP) is 2.12. The smallest absolute Gasteiger partial charge is 0.255 e. The Morgan fingerprint density at radius 1 is 1.24 bits per heavy atom. The van der Waals surface area contributed by atoms with E-state index in [9.17, 15) is 9.59 Å². The Hall–Kier alpha value is -2.57. The highest BCUT2D eigenvalue weighted by Crippen LogP contribution is 2.13. The predicted molar refractivity (Wildman–Crippen MR) is 94.3 cm³/mol. The summed E-state index contributed by atoms with van der Waals surface area (Å²) in [5.41, 5.74) is 1.73. The number of ether oxygens (including phenoxy) is 1. The van der Waals surface area contributed by atoms with Crippen molar-refractivity contribution in [3.63, 3.8) is 0 Å². The fraction of sp³-hybridized carbons (Fsp3) is 0.316. The second kappa shape index (κ2) is 8.00. The molecular formula is C19H21N3O3. The van der Waals surface area contributed by atoms with Crippen LogP contribution in [0.4, 0.5) is 5.82 Å². The van der Waals surface area contributed by atoms with Crippen LogP contribution in [-0.4, -0.2) is 47.4 Å². The Morgan fingerprint density at radius 3 is 2.72 bits per heavy atom. The summed E-state index contributed by atoms with van der Waals surface area (Å²) in [6, 6.07) is 13.4. The molecule has 1 aromatic heterocycles. The number of ketones is 1. The number of aromatic nitrogens is 1. The summed E-state index contributed by atoms with van der Waals surface area (Å²) >= 11 is 0. The normalized spacial score (nSPS) is 17.9. The van der Waals surface area contributed by atoms with Crippen LogP contribution in [0.2, 0.25) is 0 Å². The average molecular weight is 339 g/mol. The van der Waals surface area contributed by atoms with Gasteiger partial charge in [0.2, 0.25) is 0 Å². The Bertz CT molecular complexity index is 731. The first kappa shape index (κ1) is 17.3. The molecule has 130 valence electrons. The van der Waals surface area contributed by atoms with E-state index in [1.165, 1.54) is 18.7 Å². The fourth-order valence-corrected chi connectivity index (χ4v) is 2.73. The standard InChI is InChI=1S/C19H21N3O3/c1-14(23)16-7-8-18(20-11-16)21-19(24)17-13-22(9-10-25-17)12-15-5-3-2-4-6-15/h2-8,11,17H,9-10,12-13H2,1H3,(H,20,21,24)/t17-/m0/s1. The van der Waals surface area contributed by atoms with Gasteiger partial charge in [-0.25, -0.2) is 4.98 Å². The van der Waals surface area contributed by atoms with Crippen molar-refractivity contribution < 1.29 is 14.3 Å². The summed E-state index contributed by atoms with van der Waals surface area (Å²) in [6.07, 6.45) is 0.924. The van der Waals surface area contributed by atoms with Crippen molar-refractivity contribution in [2.24, 2.45) is 0 Å². The van der Waals surface area contributed by atoms with Crippen molar-refractivity contribution in [2.45, 2.75) is 19.6 Å². The third kappa shape index (κ3) is 4.71. The lowest BCUT2D eigenvalue weighted by Crippen LogP contribution is -2.47. The number of Topliss-reactive ketones (excluding diaryl/α,β-unsaturated/α-hetero) is 1. The maximum atomic E-state index is 12.4. The van der Waals surface area contributed by atoms with Gasteiger partial charge in [0.15, 0.2) is 5.78 Å². The minimum Gasteiger partial charge on any atom is -0.366 e. The number of carbonyl (C=O) groups excluding carboxylic acids is 2. The molecule has 3 rings (SSSR count). The molecule has 25 heavy (non-hydrogen) atoms. The highest BCUT2D eigenvalue weighted by atomic mass is 16.5. The second-order valence-corrected chi connectivity index (χ2v) is 6.06. The van der Waals surface area contributed by atoms with Crippen molar-refractivity contribution in [3.8, 4) is 0 Å². The van der Waals surface area contributed by atoms with Gasteiger partial charge in [-0.1, -0.05) is 30.3 Å². The molecule has 1 atom stereocenters. The quantitative estimate of drug-likeness (QED) is 0.845. The van der Waals surface area contributed by atoms with Gasteiger partial charge >= 0.3 is 0 Å². The van der Waals surface area contributed by atoms with E-state index >= 15 is 0 Å². The first-order valence-electron chi connectivity index (χ1n) is 8.27. The van der Waals surface area contributed by atoms with Gasteiger partial charge in [-0.3, -0.25) is 14.5 Å². The van der Waals surface area contributed by atoms with Gasteiger partial charge in [0, 0.05) is 31.4 Å². The molecular weight excluding hydrogens is 318 g/mol. The van der Waals surface area contributed by atoms with E-state index in [1.807, 2.05) is 18.2 Å². The van der Waals surface area contributed by atoms with E-state index in [2.05, 4.69) is 27.3 Å². The van der Waals surface area contributed by atoms with Gasteiger partial charge in [0.1, 0.15) is 11.9 Å². The van der Waals surface area contributed by atoms with Crippen LogP contribution < -0.4 is 5.32 Å². The van der Waals surface area contributed by atoms with Gasteiger partial charge in [-0.2, -0.15) is 0 Å². The monoisotopic (exact) mass is 339 g/mol. The number of amides is 1. The maximum absolute atomic E-state index is 12.4. The first-order chi connectivity index (χ1) is 12.1. The zero-order valence-corrected chi connectivity index (χ0v) is 14.1. The van der Waals surface area contributed by atoms with Crippen LogP contribution in [0.1, 0.15) is 22.8 Å². The zero-order chi connectivity index (χ0) is 17.6. The van der Waals surface area contributed by atoms with E-state index in [0.717, 1.165) is 13.1 Å². The van der Waals surface area contributed by atoms with Crippen LogP contribution in [0.5, 0.6) is 0 Å². The van der Waals surface area contributed by atoms with Crippen molar-refractivity contribution in [3.05, 3.63) is 59.8 Å². The van der Waals surface area contributed by atoms with Crippen molar-refractivity contribution in [1.29, 1.82) is 0 Å². The molecule has 1 aliphatic heterocycles. The number of carbonyl (C=O) groups is 2. The number of pyridine rings is 1. The summed E-state index contributed by atoms with van der Waals surface area (Å²) in [7, 11) is 0. The lowest BCUT2D eigenvalue weighted by atomic mass is 10.2. The highest BCUT2D eigenvalue weighted by Gasteiger charge is 2.27. The Kier molecular flexibility index (Phi) is 5.53. The van der Waals surface area contributed by atoms with Crippen LogP contribution >= 0.6 is 0 Å². The molecule has 1 aliphatic rings. The average Bonchev–Trinajstić information content (AvgIpc) is 2.63. The minimum absolute atomic E-state index is 0.0578. The highest BCUT2D eigenvalue weighted by molar-refractivity contribution is 5.95. The molecule has 0 bridgehead atoms. The van der Waals surface area contributed by atoms with Crippen LogP contribution in [0.15, 0.2) is 48.7 Å². The van der Waals surface area contributed by atoms with Crippen LogP contribution in [0, 0.1) is 0 Å². The summed E-state index contributed by atoms with van der Waals surface area (Å²) < 4.78 is 5.61. The summed E-state index contributed by atoms with van der Waals surface area (Å²) in [5, 5.41) is 2.75. The van der Waals surface area contributed by atoms with E-state index in [4.69, 9.17) is 4.74 Å². The van der Waals surface area contributed by atoms with Gasteiger partial charge < -0.3 is 10.1 Å². The number of nitrogens with zero attached hydrogens (tertiary/aromatic N) is 2. The van der Waals surface area contributed by atoms with Gasteiger partial charge in [-0.15, -0.1) is 0 Å². The first-order valence-corrected chi connectivity index (χ1v) is 8.27. The lowest BCUT2D eigenvalue weighted by molar-refractivity contribution is -0.133. The largest absolute Gasteiger partial charge is 0.366 e. The molecule has 0 radical (unpaired) electrons. The van der Waals surface area contributed by atoms with E-state index < -0.39 is 6.10 Å². The zero-order valence-electron chi connectivity index (χ0n) is 14.1. The molecule has 2 heterocycles. The SMILES string of the molecule is CC(=O)c1ccc(NC(=O)[C@@H]2CN(Cc3ccccc3)CCO2)nc1. The van der Waals surface area contributed by atoms with Gasteiger partial charge in [-0.05, 0) is 24.6 Å². The number of morpholine rings is 1. The Morgan fingerprint density at radius 2 is 2.04 bits per heavy atom. The number of rotatable bonds is 5. The third-order valence-electron chi connectivity index (χ3n) is 4.11. The molecule has 6 heteroatoms. The third-order valence-corrected chi connectivity index (χ3v) is 4.11. The number of hydrogen-bond donors (Lipinski definition) is 1. The number of nitrogens with one attached hydrogen (secondary N) is 1. The molecule has 6 nitrogen and oxygen atoms in total. The van der Waals surface area contributed by atoms with E-state index in [0.29, 0.717) is 24.5 Å². The summed E-state index contributed by atoms with van der Waals surface area (Å²) in [4.78, 5) is 30.0. The number of benzene rings is 1. The summed E-state index contributed by atoms with van der Waals surface area (Å²) in [5.74, 6) is 0.136. The molecule has 0 saturated carbocycles. The number of anilines is 1.